The van der Waals surface area contributed by atoms with E-state index in [1.807, 2.05) is 38.1 Å². The normalized spacial score (nSPS) is 10.5. The summed E-state index contributed by atoms with van der Waals surface area (Å²) < 4.78 is 12.2. The van der Waals surface area contributed by atoms with Crippen molar-refractivity contribution < 1.29 is 19.1 Å². The van der Waals surface area contributed by atoms with Crippen LogP contribution in [0.3, 0.4) is 0 Å². The van der Waals surface area contributed by atoms with Gasteiger partial charge >= 0.3 is 0 Å². The maximum Gasteiger partial charge on any atom is 0.274 e. The van der Waals surface area contributed by atoms with Gasteiger partial charge in [-0.1, -0.05) is 18.2 Å². The fourth-order valence-corrected chi connectivity index (χ4v) is 3.15. The van der Waals surface area contributed by atoms with Crippen LogP contribution >= 0.6 is 0 Å². The largest absolute Gasteiger partial charge is 0.495 e. The number of likely N-dealkylation sites (N-methyl/N-ethyl adjacent to an activating group) is 1. The average molecular weight is 422 g/mol. The number of hydrogen-bond donors (Lipinski definition) is 1. The predicted molar refractivity (Wildman–Crippen MR) is 118 cm³/mol. The smallest absolute Gasteiger partial charge is 0.274 e. The van der Waals surface area contributed by atoms with Gasteiger partial charge in [0.1, 0.15) is 23.7 Å². The molecule has 8 heteroatoms. The molecule has 0 bridgehead atoms. The summed E-state index contributed by atoms with van der Waals surface area (Å²) >= 11 is 0. The second-order valence-electron chi connectivity index (χ2n) is 6.89. The van der Waals surface area contributed by atoms with Crippen LogP contribution in [0.1, 0.15) is 23.0 Å². The van der Waals surface area contributed by atoms with Crippen LogP contribution in [-0.2, 0) is 4.79 Å². The molecule has 31 heavy (non-hydrogen) atoms. The van der Waals surface area contributed by atoms with Crippen molar-refractivity contribution in [2.24, 2.45) is 0 Å². The molecule has 0 radical (unpaired) electrons. The molecule has 0 atom stereocenters. The lowest BCUT2D eigenvalue weighted by atomic mass is 10.2. The van der Waals surface area contributed by atoms with E-state index >= 15 is 0 Å². The quantitative estimate of drug-likeness (QED) is 0.602. The van der Waals surface area contributed by atoms with Crippen molar-refractivity contribution in [1.29, 1.82) is 0 Å². The minimum Gasteiger partial charge on any atom is -0.495 e. The number of carbonyl (C=O) groups excluding carboxylic acids is 2. The molecule has 1 aromatic heterocycles. The van der Waals surface area contributed by atoms with Gasteiger partial charge in [-0.15, -0.1) is 0 Å². The van der Waals surface area contributed by atoms with Crippen LogP contribution in [0.2, 0.25) is 0 Å². The summed E-state index contributed by atoms with van der Waals surface area (Å²) in [5, 5.41) is 7.20. The van der Waals surface area contributed by atoms with Crippen molar-refractivity contribution in [3.8, 4) is 17.2 Å². The lowest BCUT2D eigenvalue weighted by Crippen LogP contribution is -2.38. The molecule has 0 unspecified atom stereocenters. The Labute approximate surface area is 181 Å². The van der Waals surface area contributed by atoms with Crippen molar-refractivity contribution >= 4 is 17.5 Å². The third-order valence-corrected chi connectivity index (χ3v) is 4.77. The van der Waals surface area contributed by atoms with Gasteiger partial charge in [0.15, 0.2) is 5.69 Å². The number of nitrogens with zero attached hydrogens (tertiary/aromatic N) is 3. The Bertz CT molecular complexity index is 1080. The zero-order chi connectivity index (χ0) is 22.4. The molecule has 2 aromatic carbocycles. The third kappa shape index (κ3) is 5.03. The molecule has 0 aliphatic heterocycles. The SMILES string of the molecule is CCN(CC(=O)Nc1ccccc1OC)C(=O)c1ccn(-c2cc(C)ccc2OC)n1. The second-order valence-corrected chi connectivity index (χ2v) is 6.89. The molecule has 0 saturated heterocycles. The van der Waals surface area contributed by atoms with Gasteiger partial charge in [0.2, 0.25) is 5.91 Å². The number of amides is 2. The van der Waals surface area contributed by atoms with E-state index in [-0.39, 0.29) is 24.1 Å². The van der Waals surface area contributed by atoms with Crippen LogP contribution in [0.5, 0.6) is 11.5 Å². The summed E-state index contributed by atoms with van der Waals surface area (Å²) in [6.07, 6.45) is 1.70. The first-order valence-corrected chi connectivity index (χ1v) is 9.89. The molecule has 2 amide bonds. The summed E-state index contributed by atoms with van der Waals surface area (Å²) in [5.74, 6) is 0.551. The number of hydrogen-bond acceptors (Lipinski definition) is 5. The minimum absolute atomic E-state index is 0.103. The lowest BCUT2D eigenvalue weighted by Gasteiger charge is -2.19. The number of rotatable bonds is 8. The molecule has 0 aliphatic rings. The molecule has 0 saturated carbocycles. The van der Waals surface area contributed by atoms with Crippen LogP contribution in [0.25, 0.3) is 5.69 Å². The van der Waals surface area contributed by atoms with Gasteiger partial charge in [-0.25, -0.2) is 4.68 Å². The van der Waals surface area contributed by atoms with Crippen LogP contribution in [-0.4, -0.2) is 53.8 Å². The Morgan fingerprint density at radius 3 is 2.52 bits per heavy atom. The zero-order valence-corrected chi connectivity index (χ0v) is 18.1. The fourth-order valence-electron chi connectivity index (χ4n) is 3.15. The molecule has 1 heterocycles. The van der Waals surface area contributed by atoms with Crippen molar-refractivity contribution in [1.82, 2.24) is 14.7 Å². The van der Waals surface area contributed by atoms with Gasteiger partial charge < -0.3 is 19.7 Å². The topological polar surface area (TPSA) is 85.7 Å². The van der Waals surface area contributed by atoms with Crippen molar-refractivity contribution in [3.05, 3.63) is 66.0 Å². The first-order chi connectivity index (χ1) is 15.0. The van der Waals surface area contributed by atoms with E-state index in [0.29, 0.717) is 23.7 Å². The number of aromatic nitrogens is 2. The number of ether oxygens (including phenoxy) is 2. The second kappa shape index (κ2) is 9.80. The van der Waals surface area contributed by atoms with Gasteiger partial charge in [0, 0.05) is 12.7 Å². The molecular weight excluding hydrogens is 396 g/mol. The van der Waals surface area contributed by atoms with Gasteiger partial charge in [0.05, 0.1) is 19.9 Å². The Balaban J connectivity index is 1.74. The summed E-state index contributed by atoms with van der Waals surface area (Å²) in [5.41, 5.74) is 2.57. The number of aryl methyl sites for hydroxylation is 1. The van der Waals surface area contributed by atoms with Gasteiger partial charge in [-0.2, -0.15) is 5.10 Å². The summed E-state index contributed by atoms with van der Waals surface area (Å²) in [6, 6.07) is 14.5. The Kier molecular flexibility index (Phi) is 6.92. The van der Waals surface area contributed by atoms with Crippen molar-refractivity contribution in [2.75, 3.05) is 32.6 Å². The highest BCUT2D eigenvalue weighted by Crippen LogP contribution is 2.24. The summed E-state index contributed by atoms with van der Waals surface area (Å²) in [6.45, 7) is 4.04. The Morgan fingerprint density at radius 2 is 1.81 bits per heavy atom. The summed E-state index contributed by atoms with van der Waals surface area (Å²) in [4.78, 5) is 26.9. The van der Waals surface area contributed by atoms with E-state index in [2.05, 4.69) is 10.4 Å². The van der Waals surface area contributed by atoms with Gasteiger partial charge in [-0.3, -0.25) is 9.59 Å². The number of nitrogens with one attached hydrogen (secondary N) is 1. The average Bonchev–Trinajstić information content (AvgIpc) is 3.27. The highest BCUT2D eigenvalue weighted by molar-refractivity contribution is 5.99. The first kappa shape index (κ1) is 21.9. The number of para-hydroxylation sites is 2. The third-order valence-electron chi connectivity index (χ3n) is 4.77. The van der Waals surface area contributed by atoms with E-state index in [1.165, 1.54) is 12.0 Å². The van der Waals surface area contributed by atoms with E-state index in [4.69, 9.17) is 9.47 Å². The molecule has 8 nitrogen and oxygen atoms in total. The van der Waals surface area contributed by atoms with Crippen LogP contribution in [0, 0.1) is 6.92 Å². The molecule has 0 fully saturated rings. The highest BCUT2D eigenvalue weighted by atomic mass is 16.5. The minimum atomic E-state index is -0.331. The maximum atomic E-state index is 13.0. The Hall–Kier alpha value is -3.81. The number of carbonyl (C=O) groups is 2. The van der Waals surface area contributed by atoms with Crippen molar-refractivity contribution in [2.45, 2.75) is 13.8 Å². The van der Waals surface area contributed by atoms with E-state index in [9.17, 15) is 9.59 Å². The van der Waals surface area contributed by atoms with E-state index in [0.717, 1.165) is 11.3 Å². The van der Waals surface area contributed by atoms with Gasteiger partial charge in [-0.05, 0) is 49.7 Å². The first-order valence-electron chi connectivity index (χ1n) is 9.89. The molecule has 0 aliphatic carbocycles. The van der Waals surface area contributed by atoms with Crippen LogP contribution in [0.4, 0.5) is 5.69 Å². The Morgan fingerprint density at radius 1 is 1.06 bits per heavy atom. The van der Waals surface area contributed by atoms with Gasteiger partial charge in [0.25, 0.3) is 5.91 Å². The molecule has 3 aromatic rings. The van der Waals surface area contributed by atoms with Crippen LogP contribution in [0.15, 0.2) is 54.7 Å². The highest BCUT2D eigenvalue weighted by Gasteiger charge is 2.21. The number of anilines is 1. The monoisotopic (exact) mass is 422 g/mol. The number of benzene rings is 2. The standard InChI is InChI=1S/C23H26N4O4/c1-5-26(15-22(28)24-17-8-6-7-9-20(17)30-3)23(29)18-12-13-27(25-18)19-14-16(2)10-11-21(19)31-4/h6-14H,5,15H2,1-4H3,(H,24,28). The number of methoxy groups -OCH3 is 2. The zero-order valence-electron chi connectivity index (χ0n) is 18.1. The molecule has 162 valence electrons. The fraction of sp³-hybridized carbons (Fsp3) is 0.261. The molecule has 0 spiro atoms. The molecule has 1 N–H and O–H groups in total. The van der Waals surface area contributed by atoms with E-state index < -0.39 is 0 Å². The molecule has 3 rings (SSSR count). The predicted octanol–water partition coefficient (Wildman–Crippen LogP) is 3.30. The van der Waals surface area contributed by atoms with Crippen molar-refractivity contribution in [3.63, 3.8) is 0 Å². The van der Waals surface area contributed by atoms with E-state index in [1.54, 1.807) is 42.3 Å². The molecular formula is C23H26N4O4. The van der Waals surface area contributed by atoms with Crippen LogP contribution < -0.4 is 14.8 Å². The summed E-state index contributed by atoms with van der Waals surface area (Å²) in [7, 11) is 3.12. The maximum absolute atomic E-state index is 13.0. The lowest BCUT2D eigenvalue weighted by molar-refractivity contribution is -0.116.